The van der Waals surface area contributed by atoms with E-state index in [1.807, 2.05) is 18.2 Å². The summed E-state index contributed by atoms with van der Waals surface area (Å²) in [5.74, 6) is 0.408. The van der Waals surface area contributed by atoms with Crippen LogP contribution < -0.4 is 0 Å². The van der Waals surface area contributed by atoms with Crippen molar-refractivity contribution in [3.63, 3.8) is 0 Å². The molecule has 0 aliphatic heterocycles. The molecule has 0 unspecified atom stereocenters. The zero-order valence-electron chi connectivity index (χ0n) is 7.75. The van der Waals surface area contributed by atoms with Crippen LogP contribution in [0.2, 0.25) is 0 Å². The van der Waals surface area contributed by atoms with E-state index in [-0.39, 0.29) is 0 Å². The van der Waals surface area contributed by atoms with Crippen LogP contribution in [-0.2, 0) is 6.42 Å². The van der Waals surface area contributed by atoms with E-state index in [2.05, 4.69) is 25.9 Å². The SMILES string of the molecule is O=Cc1nc2c([nH]1)Cc1c(Br)cccc1-2. The molecule has 4 heteroatoms. The van der Waals surface area contributed by atoms with Crippen molar-refractivity contribution >= 4 is 22.2 Å². The van der Waals surface area contributed by atoms with Crippen molar-refractivity contribution < 1.29 is 4.79 Å². The average Bonchev–Trinajstić information content (AvgIpc) is 2.76. The number of H-pyrrole nitrogens is 1. The smallest absolute Gasteiger partial charge is 0.185 e. The van der Waals surface area contributed by atoms with Crippen molar-refractivity contribution in [1.82, 2.24) is 9.97 Å². The lowest BCUT2D eigenvalue weighted by Crippen LogP contribution is -1.88. The minimum atomic E-state index is 0.408. The van der Waals surface area contributed by atoms with E-state index in [1.165, 1.54) is 5.56 Å². The van der Waals surface area contributed by atoms with Gasteiger partial charge < -0.3 is 4.98 Å². The summed E-state index contributed by atoms with van der Waals surface area (Å²) in [4.78, 5) is 17.9. The van der Waals surface area contributed by atoms with Crippen molar-refractivity contribution in [2.24, 2.45) is 0 Å². The van der Waals surface area contributed by atoms with E-state index in [1.54, 1.807) is 0 Å². The van der Waals surface area contributed by atoms with E-state index in [0.29, 0.717) is 5.82 Å². The molecule has 0 saturated carbocycles. The molecule has 0 amide bonds. The number of fused-ring (bicyclic) bond motifs is 3. The lowest BCUT2D eigenvalue weighted by atomic mass is 10.1. The van der Waals surface area contributed by atoms with Gasteiger partial charge in [-0.05, 0) is 11.6 Å². The first-order chi connectivity index (χ1) is 7.29. The van der Waals surface area contributed by atoms with E-state index in [4.69, 9.17) is 0 Å². The molecule has 3 rings (SSSR count). The maximum Gasteiger partial charge on any atom is 0.185 e. The molecule has 0 saturated heterocycles. The van der Waals surface area contributed by atoms with Crippen LogP contribution in [0.1, 0.15) is 21.9 Å². The maximum absolute atomic E-state index is 10.6. The van der Waals surface area contributed by atoms with E-state index >= 15 is 0 Å². The predicted molar refractivity (Wildman–Crippen MR) is 59.9 cm³/mol. The Bertz CT molecular complexity index is 560. The molecular formula is C11H7BrN2O. The molecule has 0 radical (unpaired) electrons. The number of halogens is 1. The Kier molecular flexibility index (Phi) is 1.79. The van der Waals surface area contributed by atoms with Crippen molar-refractivity contribution in [1.29, 1.82) is 0 Å². The van der Waals surface area contributed by atoms with Gasteiger partial charge in [0.25, 0.3) is 0 Å². The van der Waals surface area contributed by atoms with Gasteiger partial charge in [-0.15, -0.1) is 0 Å². The van der Waals surface area contributed by atoms with Crippen LogP contribution >= 0.6 is 15.9 Å². The fourth-order valence-electron chi connectivity index (χ4n) is 1.97. The van der Waals surface area contributed by atoms with Crippen molar-refractivity contribution in [3.8, 4) is 11.3 Å². The molecule has 3 nitrogen and oxygen atoms in total. The Hall–Kier alpha value is -1.42. The molecule has 1 heterocycles. The van der Waals surface area contributed by atoms with Crippen LogP contribution in [0.5, 0.6) is 0 Å². The molecule has 2 aromatic rings. The minimum Gasteiger partial charge on any atom is -0.339 e. The fourth-order valence-corrected chi connectivity index (χ4v) is 2.48. The highest BCUT2D eigenvalue weighted by Crippen LogP contribution is 2.38. The molecule has 1 aromatic heterocycles. The summed E-state index contributed by atoms with van der Waals surface area (Å²) < 4.78 is 1.10. The predicted octanol–water partition coefficient (Wildman–Crippen LogP) is 2.56. The number of nitrogens with one attached hydrogen (secondary N) is 1. The van der Waals surface area contributed by atoms with Gasteiger partial charge in [0.15, 0.2) is 12.1 Å². The van der Waals surface area contributed by atoms with Crippen LogP contribution in [-0.4, -0.2) is 16.3 Å². The summed E-state index contributed by atoms with van der Waals surface area (Å²) in [5, 5.41) is 0. The highest BCUT2D eigenvalue weighted by atomic mass is 79.9. The van der Waals surface area contributed by atoms with Crippen molar-refractivity contribution in [2.45, 2.75) is 6.42 Å². The lowest BCUT2D eigenvalue weighted by Gasteiger charge is -2.00. The van der Waals surface area contributed by atoms with Crippen LogP contribution in [0.4, 0.5) is 0 Å². The second kappa shape index (κ2) is 3.03. The Balaban J connectivity index is 2.25. The summed E-state index contributed by atoms with van der Waals surface area (Å²) >= 11 is 3.52. The number of nitrogens with zero attached hydrogens (tertiary/aromatic N) is 1. The number of hydrogen-bond donors (Lipinski definition) is 1. The second-order valence-electron chi connectivity index (χ2n) is 3.51. The first-order valence-electron chi connectivity index (χ1n) is 4.61. The van der Waals surface area contributed by atoms with Gasteiger partial charge in [0, 0.05) is 22.2 Å². The third-order valence-corrected chi connectivity index (χ3v) is 3.38. The maximum atomic E-state index is 10.6. The first kappa shape index (κ1) is 8.85. The van der Waals surface area contributed by atoms with Gasteiger partial charge in [0.05, 0.1) is 5.69 Å². The average molecular weight is 263 g/mol. The first-order valence-corrected chi connectivity index (χ1v) is 5.40. The number of benzene rings is 1. The fraction of sp³-hybridized carbons (Fsp3) is 0.0909. The molecule has 0 fully saturated rings. The Morgan fingerprint density at radius 1 is 1.47 bits per heavy atom. The summed E-state index contributed by atoms with van der Waals surface area (Å²) in [6.07, 6.45) is 1.56. The van der Waals surface area contributed by atoms with Gasteiger partial charge in [-0.2, -0.15) is 0 Å². The molecule has 1 N–H and O–H groups in total. The van der Waals surface area contributed by atoms with Crippen LogP contribution in [0, 0.1) is 0 Å². The van der Waals surface area contributed by atoms with Crippen molar-refractivity contribution in [3.05, 3.63) is 39.8 Å². The molecule has 1 aromatic carbocycles. The van der Waals surface area contributed by atoms with E-state index in [9.17, 15) is 4.79 Å². The molecule has 1 aliphatic rings. The topological polar surface area (TPSA) is 45.8 Å². The van der Waals surface area contributed by atoms with E-state index in [0.717, 1.165) is 34.1 Å². The highest BCUT2D eigenvalue weighted by Gasteiger charge is 2.23. The normalized spacial score (nSPS) is 12.3. The van der Waals surface area contributed by atoms with Gasteiger partial charge in [0.2, 0.25) is 0 Å². The monoisotopic (exact) mass is 262 g/mol. The minimum absolute atomic E-state index is 0.408. The lowest BCUT2D eigenvalue weighted by molar-refractivity contribution is 0.111. The Morgan fingerprint density at radius 2 is 2.33 bits per heavy atom. The third kappa shape index (κ3) is 1.18. The number of aromatic nitrogens is 2. The highest BCUT2D eigenvalue weighted by molar-refractivity contribution is 9.10. The third-order valence-electron chi connectivity index (χ3n) is 2.64. The van der Waals surface area contributed by atoms with Crippen molar-refractivity contribution in [2.75, 3.05) is 0 Å². The second-order valence-corrected chi connectivity index (χ2v) is 4.36. The Morgan fingerprint density at radius 3 is 3.13 bits per heavy atom. The summed E-state index contributed by atoms with van der Waals surface area (Å²) in [7, 11) is 0. The van der Waals surface area contributed by atoms with Crippen LogP contribution in [0.15, 0.2) is 22.7 Å². The van der Waals surface area contributed by atoms with Crippen LogP contribution in [0.25, 0.3) is 11.3 Å². The van der Waals surface area contributed by atoms with Gasteiger partial charge in [-0.25, -0.2) is 4.98 Å². The number of rotatable bonds is 1. The zero-order valence-corrected chi connectivity index (χ0v) is 9.34. The Labute approximate surface area is 94.7 Å². The number of aromatic amines is 1. The summed E-state index contributed by atoms with van der Waals surface area (Å²) in [5.41, 5.74) is 4.29. The number of imidazole rings is 1. The largest absolute Gasteiger partial charge is 0.339 e. The van der Waals surface area contributed by atoms with E-state index < -0.39 is 0 Å². The number of aldehydes is 1. The molecule has 0 atom stereocenters. The summed E-state index contributed by atoms with van der Waals surface area (Å²) in [6, 6.07) is 6.03. The molecular weight excluding hydrogens is 256 g/mol. The number of hydrogen-bond acceptors (Lipinski definition) is 2. The van der Waals surface area contributed by atoms with Gasteiger partial charge in [-0.1, -0.05) is 28.1 Å². The molecule has 0 spiro atoms. The quantitative estimate of drug-likeness (QED) is 0.686. The van der Waals surface area contributed by atoms with Gasteiger partial charge in [0.1, 0.15) is 0 Å². The standard InChI is InChI=1S/C11H7BrN2O/c12-8-3-1-2-6-7(8)4-9-11(6)14-10(5-15)13-9/h1-3,5H,4H2,(H,13,14). The number of carbonyl (C=O) groups is 1. The van der Waals surface area contributed by atoms with Crippen LogP contribution in [0.3, 0.4) is 0 Å². The number of carbonyl (C=O) groups excluding carboxylic acids is 1. The molecule has 74 valence electrons. The molecule has 0 bridgehead atoms. The zero-order chi connectivity index (χ0) is 10.4. The molecule has 1 aliphatic carbocycles. The van der Waals surface area contributed by atoms with Gasteiger partial charge in [-0.3, -0.25) is 4.79 Å². The summed E-state index contributed by atoms with van der Waals surface area (Å²) in [6.45, 7) is 0. The molecule has 15 heavy (non-hydrogen) atoms. The van der Waals surface area contributed by atoms with Gasteiger partial charge >= 0.3 is 0 Å².